The molecule has 0 saturated carbocycles. The van der Waals surface area contributed by atoms with Crippen molar-refractivity contribution in [3.8, 4) is 5.75 Å². The fourth-order valence-electron chi connectivity index (χ4n) is 0.988. The van der Waals surface area contributed by atoms with E-state index < -0.39 is 12.6 Å². The maximum Gasteiger partial charge on any atom is 0.387 e. The summed E-state index contributed by atoms with van der Waals surface area (Å²) in [6.45, 7) is -3.05. The monoisotopic (exact) mass is 236 g/mol. The van der Waals surface area contributed by atoms with Crippen LogP contribution in [0.15, 0.2) is 18.2 Å². The van der Waals surface area contributed by atoms with Gasteiger partial charge in [-0.2, -0.15) is 8.78 Å². The first kappa shape index (κ1) is 11.7. The molecule has 0 aliphatic heterocycles. The molecule has 0 aliphatic rings. The Morgan fingerprint density at radius 2 is 2.13 bits per heavy atom. The minimum atomic E-state index is -3.05. The van der Waals surface area contributed by atoms with Gasteiger partial charge in [0, 0.05) is 0 Å². The highest BCUT2D eigenvalue weighted by Crippen LogP contribution is 2.30. The predicted molar refractivity (Wildman–Crippen MR) is 49.4 cm³/mol. The Balaban J connectivity index is 3.14. The summed E-state index contributed by atoms with van der Waals surface area (Å²) in [7, 11) is 1.13. The van der Waals surface area contributed by atoms with Gasteiger partial charge in [0.2, 0.25) is 0 Å². The van der Waals surface area contributed by atoms with Crippen LogP contribution in [0.3, 0.4) is 0 Å². The summed E-state index contributed by atoms with van der Waals surface area (Å²) < 4.78 is 32.6. The quantitative estimate of drug-likeness (QED) is 0.757. The van der Waals surface area contributed by atoms with Gasteiger partial charge in [-0.25, -0.2) is 4.79 Å². The van der Waals surface area contributed by atoms with Crippen molar-refractivity contribution < 1.29 is 23.0 Å². The van der Waals surface area contributed by atoms with E-state index in [-0.39, 0.29) is 16.3 Å². The van der Waals surface area contributed by atoms with Crippen LogP contribution >= 0.6 is 11.6 Å². The van der Waals surface area contributed by atoms with Gasteiger partial charge in [0.1, 0.15) is 5.56 Å². The molecule has 6 heteroatoms. The molecule has 0 fully saturated rings. The minimum absolute atomic E-state index is 0.0711. The van der Waals surface area contributed by atoms with Crippen LogP contribution in [0.25, 0.3) is 0 Å². The van der Waals surface area contributed by atoms with Crippen molar-refractivity contribution in [3.63, 3.8) is 0 Å². The van der Waals surface area contributed by atoms with Gasteiger partial charge >= 0.3 is 12.6 Å². The largest absolute Gasteiger partial charge is 0.465 e. The predicted octanol–water partition coefficient (Wildman–Crippen LogP) is 2.73. The molecule has 0 saturated heterocycles. The second-order valence-corrected chi connectivity index (χ2v) is 2.89. The summed E-state index contributed by atoms with van der Waals surface area (Å²) in [6, 6.07) is 4.06. The van der Waals surface area contributed by atoms with Crippen LogP contribution in [-0.4, -0.2) is 19.7 Å². The smallest absolute Gasteiger partial charge is 0.387 e. The third kappa shape index (κ3) is 2.79. The lowest BCUT2D eigenvalue weighted by molar-refractivity contribution is -0.0503. The Labute approximate surface area is 89.5 Å². The van der Waals surface area contributed by atoms with Crippen LogP contribution in [-0.2, 0) is 4.74 Å². The van der Waals surface area contributed by atoms with E-state index in [1.807, 2.05) is 0 Å². The van der Waals surface area contributed by atoms with Crippen molar-refractivity contribution >= 4 is 17.6 Å². The Bertz CT molecular complexity index is 368. The Morgan fingerprint density at radius 1 is 1.47 bits per heavy atom. The van der Waals surface area contributed by atoms with Crippen LogP contribution in [0, 0.1) is 0 Å². The normalized spacial score (nSPS) is 10.2. The summed E-state index contributed by atoms with van der Waals surface area (Å²) in [6.07, 6.45) is 0. The van der Waals surface area contributed by atoms with Crippen molar-refractivity contribution in [2.45, 2.75) is 6.61 Å². The summed E-state index contributed by atoms with van der Waals surface area (Å²) in [5.41, 5.74) is -0.134. The highest BCUT2D eigenvalue weighted by molar-refractivity contribution is 6.32. The lowest BCUT2D eigenvalue weighted by atomic mass is 10.2. The molecule has 3 nitrogen and oxygen atoms in total. The maximum absolute atomic E-state index is 12.0. The molecular weight excluding hydrogens is 230 g/mol. The zero-order valence-corrected chi connectivity index (χ0v) is 8.42. The standard InChI is InChI=1S/C9H7ClF2O3/c1-14-8(13)5-3-2-4-6(10)7(5)15-9(11)12/h2-4,9H,1H3. The van der Waals surface area contributed by atoms with Gasteiger partial charge in [0.05, 0.1) is 12.1 Å². The number of ether oxygens (including phenoxy) is 2. The van der Waals surface area contributed by atoms with Gasteiger partial charge in [-0.3, -0.25) is 0 Å². The minimum Gasteiger partial charge on any atom is -0.465 e. The third-order valence-electron chi connectivity index (χ3n) is 1.58. The first-order chi connectivity index (χ1) is 7.06. The highest BCUT2D eigenvalue weighted by atomic mass is 35.5. The first-order valence-corrected chi connectivity index (χ1v) is 4.25. The molecule has 0 spiro atoms. The molecule has 0 radical (unpaired) electrons. The Hall–Kier alpha value is -1.36. The topological polar surface area (TPSA) is 35.5 Å². The van der Waals surface area contributed by atoms with E-state index in [1.54, 1.807) is 0 Å². The van der Waals surface area contributed by atoms with Crippen LogP contribution in [0.4, 0.5) is 8.78 Å². The second-order valence-electron chi connectivity index (χ2n) is 2.49. The molecule has 0 atom stereocenters. The van der Waals surface area contributed by atoms with E-state index in [4.69, 9.17) is 11.6 Å². The van der Waals surface area contributed by atoms with E-state index in [1.165, 1.54) is 18.2 Å². The summed E-state index contributed by atoms with van der Waals surface area (Å²) in [5, 5.41) is -0.0711. The molecule has 0 bridgehead atoms. The van der Waals surface area contributed by atoms with Crippen molar-refractivity contribution in [2.24, 2.45) is 0 Å². The van der Waals surface area contributed by atoms with Crippen LogP contribution in [0.1, 0.15) is 10.4 Å². The summed E-state index contributed by atoms with van der Waals surface area (Å²) in [4.78, 5) is 11.2. The van der Waals surface area contributed by atoms with Crippen LogP contribution in [0.2, 0.25) is 5.02 Å². The number of hydrogen-bond acceptors (Lipinski definition) is 3. The molecule has 15 heavy (non-hydrogen) atoms. The lowest BCUT2D eigenvalue weighted by Crippen LogP contribution is -2.09. The zero-order chi connectivity index (χ0) is 11.4. The Kier molecular flexibility index (Phi) is 3.85. The van der Waals surface area contributed by atoms with E-state index in [0.717, 1.165) is 7.11 Å². The first-order valence-electron chi connectivity index (χ1n) is 3.88. The van der Waals surface area contributed by atoms with Gasteiger partial charge in [-0.1, -0.05) is 17.7 Å². The molecule has 0 amide bonds. The second kappa shape index (κ2) is 4.93. The molecule has 0 unspecified atom stereocenters. The van der Waals surface area contributed by atoms with E-state index in [2.05, 4.69) is 9.47 Å². The maximum atomic E-state index is 12.0. The molecule has 0 aliphatic carbocycles. The molecule has 0 N–H and O–H groups in total. The van der Waals surface area contributed by atoms with Crippen molar-refractivity contribution in [3.05, 3.63) is 28.8 Å². The number of hydrogen-bond donors (Lipinski definition) is 0. The molecule has 1 aromatic rings. The molecule has 0 aromatic heterocycles. The third-order valence-corrected chi connectivity index (χ3v) is 1.88. The van der Waals surface area contributed by atoms with Gasteiger partial charge in [-0.15, -0.1) is 0 Å². The van der Waals surface area contributed by atoms with Gasteiger partial charge in [-0.05, 0) is 12.1 Å². The Morgan fingerprint density at radius 3 is 2.67 bits per heavy atom. The number of carbonyl (C=O) groups is 1. The SMILES string of the molecule is COC(=O)c1cccc(Cl)c1OC(F)F. The molecule has 82 valence electrons. The number of esters is 1. The summed E-state index contributed by atoms with van der Waals surface area (Å²) in [5.74, 6) is -1.16. The van der Waals surface area contributed by atoms with Crippen molar-refractivity contribution in [1.82, 2.24) is 0 Å². The van der Waals surface area contributed by atoms with Crippen LogP contribution < -0.4 is 4.74 Å². The number of rotatable bonds is 3. The highest BCUT2D eigenvalue weighted by Gasteiger charge is 2.18. The number of benzene rings is 1. The molecule has 1 aromatic carbocycles. The zero-order valence-electron chi connectivity index (χ0n) is 7.67. The fraction of sp³-hybridized carbons (Fsp3) is 0.222. The van der Waals surface area contributed by atoms with Gasteiger partial charge < -0.3 is 9.47 Å². The van der Waals surface area contributed by atoms with Crippen molar-refractivity contribution in [1.29, 1.82) is 0 Å². The number of carbonyl (C=O) groups excluding carboxylic acids is 1. The fourth-order valence-corrected chi connectivity index (χ4v) is 1.21. The molecular formula is C9H7ClF2O3. The van der Waals surface area contributed by atoms with Gasteiger partial charge in [0.15, 0.2) is 5.75 Å². The summed E-state index contributed by atoms with van der Waals surface area (Å²) >= 11 is 5.61. The van der Waals surface area contributed by atoms with E-state index in [0.29, 0.717) is 0 Å². The number of halogens is 3. The number of alkyl halides is 2. The number of methoxy groups -OCH3 is 1. The molecule has 0 heterocycles. The van der Waals surface area contributed by atoms with Gasteiger partial charge in [0.25, 0.3) is 0 Å². The molecule has 1 rings (SSSR count). The average Bonchev–Trinajstić information content (AvgIpc) is 2.19. The average molecular weight is 237 g/mol. The number of para-hydroxylation sites is 1. The van der Waals surface area contributed by atoms with E-state index in [9.17, 15) is 13.6 Å². The van der Waals surface area contributed by atoms with E-state index >= 15 is 0 Å². The van der Waals surface area contributed by atoms with Crippen LogP contribution in [0.5, 0.6) is 5.75 Å². The van der Waals surface area contributed by atoms with Crippen molar-refractivity contribution in [2.75, 3.05) is 7.11 Å². The lowest BCUT2D eigenvalue weighted by Gasteiger charge is -2.10.